The Morgan fingerprint density at radius 3 is 2.93 bits per heavy atom. The van der Waals surface area contributed by atoms with Crippen LogP contribution in [-0.4, -0.2) is 18.1 Å². The molecule has 0 radical (unpaired) electrons. The molecule has 1 aromatic heterocycles. The fraction of sp³-hybridized carbons (Fsp3) is 0.583. The van der Waals surface area contributed by atoms with Crippen molar-refractivity contribution < 1.29 is 0 Å². The Bertz CT molecular complexity index is 290. The van der Waals surface area contributed by atoms with E-state index in [9.17, 15) is 0 Å². The van der Waals surface area contributed by atoms with Gasteiger partial charge >= 0.3 is 0 Å². The smallest absolute Gasteiger partial charge is 0.0302 e. The minimum atomic E-state index is 0.860. The first-order valence-electron chi connectivity index (χ1n) is 5.46. The lowest BCUT2D eigenvalue weighted by Crippen LogP contribution is -2.28. The van der Waals surface area contributed by atoms with E-state index in [0.717, 1.165) is 5.92 Å². The Labute approximate surface area is 85.7 Å². The first-order chi connectivity index (χ1) is 6.86. The van der Waals surface area contributed by atoms with Crippen molar-refractivity contribution in [2.24, 2.45) is 5.92 Å². The first kappa shape index (κ1) is 9.66. The number of nitrogens with zero attached hydrogens (tertiary/aromatic N) is 1. The maximum atomic E-state index is 4.20. The Hall–Kier alpha value is -0.890. The Balaban J connectivity index is 1.99. The predicted octanol–water partition coefficient (Wildman–Crippen LogP) is 1.93. The highest BCUT2D eigenvalue weighted by atomic mass is 14.9. The van der Waals surface area contributed by atoms with Gasteiger partial charge in [-0.05, 0) is 62.4 Å². The highest BCUT2D eigenvalue weighted by molar-refractivity contribution is 5.21. The molecule has 0 aliphatic carbocycles. The van der Waals surface area contributed by atoms with Gasteiger partial charge in [-0.1, -0.05) is 0 Å². The molecule has 1 aliphatic rings. The average molecular weight is 190 g/mol. The van der Waals surface area contributed by atoms with Crippen LogP contribution in [0.25, 0.3) is 0 Å². The van der Waals surface area contributed by atoms with E-state index in [0.29, 0.717) is 0 Å². The number of hydrogen-bond acceptors (Lipinski definition) is 2. The highest BCUT2D eigenvalue weighted by Gasteiger charge is 2.14. The molecular formula is C12H18N2. The van der Waals surface area contributed by atoms with Crippen LogP contribution in [0.4, 0.5) is 0 Å². The van der Waals surface area contributed by atoms with Crippen LogP contribution in [0.1, 0.15) is 24.0 Å². The van der Waals surface area contributed by atoms with Crippen LogP contribution in [0.15, 0.2) is 18.5 Å². The van der Waals surface area contributed by atoms with Crippen LogP contribution in [0.3, 0.4) is 0 Å². The third-order valence-corrected chi connectivity index (χ3v) is 3.11. The molecule has 14 heavy (non-hydrogen) atoms. The van der Waals surface area contributed by atoms with E-state index in [2.05, 4.69) is 23.3 Å². The topological polar surface area (TPSA) is 24.9 Å². The van der Waals surface area contributed by atoms with Gasteiger partial charge < -0.3 is 5.32 Å². The Morgan fingerprint density at radius 2 is 2.21 bits per heavy atom. The van der Waals surface area contributed by atoms with Gasteiger partial charge in [0.25, 0.3) is 0 Å². The molecule has 1 aliphatic heterocycles. The molecule has 1 saturated heterocycles. The lowest BCUT2D eigenvalue weighted by molar-refractivity contribution is 0.372. The SMILES string of the molecule is Cc1ccncc1CC1CCNCC1. The summed E-state index contributed by atoms with van der Waals surface area (Å²) in [6.45, 7) is 4.55. The molecule has 0 amide bonds. The number of hydrogen-bond donors (Lipinski definition) is 1. The molecule has 1 aromatic rings. The molecule has 0 saturated carbocycles. The Kier molecular flexibility index (Phi) is 3.14. The molecule has 2 rings (SSSR count). The van der Waals surface area contributed by atoms with E-state index >= 15 is 0 Å². The van der Waals surface area contributed by atoms with Crippen molar-refractivity contribution in [2.75, 3.05) is 13.1 Å². The predicted molar refractivity (Wildman–Crippen MR) is 58.3 cm³/mol. The van der Waals surface area contributed by atoms with Gasteiger partial charge in [-0.2, -0.15) is 0 Å². The van der Waals surface area contributed by atoms with E-state index < -0.39 is 0 Å². The van der Waals surface area contributed by atoms with Gasteiger partial charge in [-0.25, -0.2) is 0 Å². The van der Waals surface area contributed by atoms with Gasteiger partial charge in [0, 0.05) is 12.4 Å². The summed E-state index contributed by atoms with van der Waals surface area (Å²) in [6.07, 6.45) is 7.74. The summed E-state index contributed by atoms with van der Waals surface area (Å²) in [6, 6.07) is 2.11. The van der Waals surface area contributed by atoms with E-state index in [4.69, 9.17) is 0 Å². The average Bonchev–Trinajstić information content (AvgIpc) is 2.23. The number of piperidine rings is 1. The number of aryl methyl sites for hydroxylation is 1. The van der Waals surface area contributed by atoms with Gasteiger partial charge in [0.2, 0.25) is 0 Å². The monoisotopic (exact) mass is 190 g/mol. The minimum absolute atomic E-state index is 0.860. The molecular weight excluding hydrogens is 172 g/mol. The maximum Gasteiger partial charge on any atom is 0.0302 e. The zero-order chi connectivity index (χ0) is 9.80. The van der Waals surface area contributed by atoms with Crippen LogP contribution in [-0.2, 0) is 6.42 Å². The van der Waals surface area contributed by atoms with Crippen LogP contribution < -0.4 is 5.32 Å². The summed E-state index contributed by atoms with van der Waals surface area (Å²) in [5.74, 6) is 0.860. The molecule has 0 aromatic carbocycles. The fourth-order valence-electron chi connectivity index (χ4n) is 2.11. The van der Waals surface area contributed by atoms with Crippen molar-refractivity contribution >= 4 is 0 Å². The molecule has 2 heterocycles. The second kappa shape index (κ2) is 4.56. The van der Waals surface area contributed by atoms with Crippen LogP contribution in [0.5, 0.6) is 0 Å². The molecule has 0 atom stereocenters. The van der Waals surface area contributed by atoms with Crippen molar-refractivity contribution in [3.8, 4) is 0 Å². The molecule has 2 nitrogen and oxygen atoms in total. The lowest BCUT2D eigenvalue weighted by atomic mass is 9.90. The van der Waals surface area contributed by atoms with Crippen molar-refractivity contribution in [1.29, 1.82) is 0 Å². The highest BCUT2D eigenvalue weighted by Crippen LogP contribution is 2.19. The summed E-state index contributed by atoms with van der Waals surface area (Å²) in [5.41, 5.74) is 2.82. The summed E-state index contributed by atoms with van der Waals surface area (Å²) < 4.78 is 0. The molecule has 0 spiro atoms. The second-order valence-electron chi connectivity index (χ2n) is 4.20. The standard InChI is InChI=1S/C12H18N2/c1-10-2-5-14-9-12(10)8-11-3-6-13-7-4-11/h2,5,9,11,13H,3-4,6-8H2,1H3. The van der Waals surface area contributed by atoms with Crippen molar-refractivity contribution in [3.05, 3.63) is 29.6 Å². The Morgan fingerprint density at radius 1 is 1.43 bits per heavy atom. The second-order valence-corrected chi connectivity index (χ2v) is 4.20. The third kappa shape index (κ3) is 2.32. The van der Waals surface area contributed by atoms with Crippen molar-refractivity contribution in [3.63, 3.8) is 0 Å². The van der Waals surface area contributed by atoms with Crippen LogP contribution >= 0.6 is 0 Å². The largest absolute Gasteiger partial charge is 0.317 e. The number of nitrogens with one attached hydrogen (secondary N) is 1. The normalized spacial score (nSPS) is 18.4. The van der Waals surface area contributed by atoms with E-state index in [1.807, 2.05) is 12.4 Å². The van der Waals surface area contributed by atoms with Crippen LogP contribution in [0, 0.1) is 12.8 Å². The fourth-order valence-corrected chi connectivity index (χ4v) is 2.11. The molecule has 1 N–H and O–H groups in total. The maximum absolute atomic E-state index is 4.20. The molecule has 0 unspecified atom stereocenters. The van der Waals surface area contributed by atoms with Gasteiger partial charge in [0.05, 0.1) is 0 Å². The van der Waals surface area contributed by atoms with Crippen molar-refractivity contribution in [2.45, 2.75) is 26.2 Å². The first-order valence-corrected chi connectivity index (χ1v) is 5.46. The molecule has 1 fully saturated rings. The molecule has 0 bridgehead atoms. The van der Waals surface area contributed by atoms with Gasteiger partial charge in [0.15, 0.2) is 0 Å². The third-order valence-electron chi connectivity index (χ3n) is 3.11. The summed E-state index contributed by atoms with van der Waals surface area (Å²) in [5, 5.41) is 3.40. The number of aromatic nitrogens is 1. The van der Waals surface area contributed by atoms with E-state index in [1.165, 1.54) is 43.5 Å². The minimum Gasteiger partial charge on any atom is -0.317 e. The molecule has 76 valence electrons. The van der Waals surface area contributed by atoms with E-state index in [1.54, 1.807) is 0 Å². The van der Waals surface area contributed by atoms with Crippen LogP contribution in [0.2, 0.25) is 0 Å². The van der Waals surface area contributed by atoms with Gasteiger partial charge in [-0.3, -0.25) is 4.98 Å². The van der Waals surface area contributed by atoms with Gasteiger partial charge in [-0.15, -0.1) is 0 Å². The zero-order valence-electron chi connectivity index (χ0n) is 8.79. The van der Waals surface area contributed by atoms with Gasteiger partial charge in [0.1, 0.15) is 0 Å². The zero-order valence-corrected chi connectivity index (χ0v) is 8.79. The number of pyridine rings is 1. The summed E-state index contributed by atoms with van der Waals surface area (Å²) in [7, 11) is 0. The number of rotatable bonds is 2. The summed E-state index contributed by atoms with van der Waals surface area (Å²) >= 11 is 0. The summed E-state index contributed by atoms with van der Waals surface area (Å²) in [4.78, 5) is 4.20. The quantitative estimate of drug-likeness (QED) is 0.771. The molecule has 2 heteroatoms. The van der Waals surface area contributed by atoms with Crippen molar-refractivity contribution in [1.82, 2.24) is 10.3 Å². The van der Waals surface area contributed by atoms with E-state index in [-0.39, 0.29) is 0 Å². The lowest BCUT2D eigenvalue weighted by Gasteiger charge is -2.22.